The fourth-order valence-electron chi connectivity index (χ4n) is 2.38. The van der Waals surface area contributed by atoms with E-state index in [9.17, 15) is 14.9 Å². The van der Waals surface area contributed by atoms with Gasteiger partial charge in [-0.25, -0.2) is 4.79 Å². The predicted octanol–water partition coefficient (Wildman–Crippen LogP) is 2.78. The summed E-state index contributed by atoms with van der Waals surface area (Å²) in [5, 5.41) is 9.44. The Morgan fingerprint density at radius 3 is 2.83 bits per heavy atom. The zero-order valence-electron chi connectivity index (χ0n) is 12.8. The fraction of sp³-hybridized carbons (Fsp3) is 0.438. The first-order valence-electron chi connectivity index (χ1n) is 7.38. The van der Waals surface area contributed by atoms with Crippen molar-refractivity contribution in [2.75, 3.05) is 12.3 Å². The van der Waals surface area contributed by atoms with E-state index in [2.05, 4.69) is 0 Å². The summed E-state index contributed by atoms with van der Waals surface area (Å²) in [6, 6.07) is 1.96. The Hall–Kier alpha value is -2.33. The average Bonchev–Trinajstić information content (AvgIpc) is 2.89. The van der Waals surface area contributed by atoms with Crippen LogP contribution in [0.5, 0.6) is 0 Å². The molecule has 1 atom stereocenters. The molecule has 0 aliphatic heterocycles. The standard InChI is InChI=1S/C16H18N2O4S/c1-2-21-16(20)13-12(11(8-17)14(18)23-13)9-22-15(19)10-6-4-3-5-7-10/h3-4,10H,2,5-7,9,18H2,1H3. The van der Waals surface area contributed by atoms with Crippen molar-refractivity contribution in [3.8, 4) is 6.07 Å². The van der Waals surface area contributed by atoms with E-state index in [0.717, 1.165) is 24.2 Å². The highest BCUT2D eigenvalue weighted by molar-refractivity contribution is 7.18. The lowest BCUT2D eigenvalue weighted by Gasteiger charge is -2.16. The maximum atomic E-state index is 12.1. The van der Waals surface area contributed by atoms with E-state index < -0.39 is 5.97 Å². The molecule has 1 aromatic heterocycles. The van der Waals surface area contributed by atoms with Crippen molar-refractivity contribution in [3.63, 3.8) is 0 Å². The molecule has 1 aliphatic carbocycles. The molecule has 6 nitrogen and oxygen atoms in total. The molecule has 122 valence electrons. The summed E-state index contributed by atoms with van der Waals surface area (Å²) >= 11 is 0.979. The molecule has 1 unspecified atom stereocenters. The van der Waals surface area contributed by atoms with Crippen LogP contribution in [0.2, 0.25) is 0 Å². The topological polar surface area (TPSA) is 102 Å². The van der Waals surface area contributed by atoms with Gasteiger partial charge in [-0.1, -0.05) is 12.2 Å². The van der Waals surface area contributed by atoms with Gasteiger partial charge in [0.2, 0.25) is 0 Å². The molecule has 0 radical (unpaired) electrons. The van der Waals surface area contributed by atoms with Gasteiger partial charge in [0.05, 0.1) is 18.1 Å². The van der Waals surface area contributed by atoms with Crippen LogP contribution in [0.1, 0.15) is 47.0 Å². The van der Waals surface area contributed by atoms with Crippen LogP contribution in [0, 0.1) is 17.2 Å². The van der Waals surface area contributed by atoms with Crippen molar-refractivity contribution in [3.05, 3.63) is 28.2 Å². The highest BCUT2D eigenvalue weighted by atomic mass is 32.1. The maximum absolute atomic E-state index is 12.1. The second-order valence-corrected chi connectivity index (χ2v) is 6.12. The van der Waals surface area contributed by atoms with Crippen LogP contribution in [0.4, 0.5) is 5.00 Å². The van der Waals surface area contributed by atoms with Gasteiger partial charge in [0.15, 0.2) is 0 Å². The van der Waals surface area contributed by atoms with Crippen LogP contribution < -0.4 is 5.73 Å². The lowest BCUT2D eigenvalue weighted by molar-refractivity contribution is -0.150. The van der Waals surface area contributed by atoms with Crippen molar-refractivity contribution in [1.29, 1.82) is 5.26 Å². The Balaban J connectivity index is 2.14. The number of esters is 2. The molecule has 1 aliphatic rings. The van der Waals surface area contributed by atoms with E-state index in [1.165, 1.54) is 0 Å². The number of carbonyl (C=O) groups excluding carboxylic acids is 2. The number of nitrogen functional groups attached to an aromatic ring is 1. The number of nitrogens with two attached hydrogens (primary N) is 1. The number of nitriles is 1. The SMILES string of the molecule is CCOC(=O)c1sc(N)c(C#N)c1COC(=O)C1CC=CCC1. The van der Waals surface area contributed by atoms with Gasteiger partial charge in [0, 0.05) is 5.56 Å². The smallest absolute Gasteiger partial charge is 0.348 e. The van der Waals surface area contributed by atoms with Gasteiger partial charge in [-0.3, -0.25) is 4.79 Å². The third kappa shape index (κ3) is 3.90. The van der Waals surface area contributed by atoms with Gasteiger partial charge in [0.1, 0.15) is 22.6 Å². The monoisotopic (exact) mass is 334 g/mol. The van der Waals surface area contributed by atoms with Crippen molar-refractivity contribution < 1.29 is 19.1 Å². The molecule has 2 rings (SSSR count). The lowest BCUT2D eigenvalue weighted by atomic mass is 9.95. The van der Waals surface area contributed by atoms with E-state index in [-0.39, 0.29) is 40.5 Å². The molecule has 0 spiro atoms. The Bertz CT molecular complexity index is 672. The van der Waals surface area contributed by atoms with Gasteiger partial charge in [0.25, 0.3) is 0 Å². The number of allylic oxidation sites excluding steroid dienone is 2. The zero-order valence-corrected chi connectivity index (χ0v) is 13.6. The third-order valence-electron chi connectivity index (χ3n) is 3.57. The summed E-state index contributed by atoms with van der Waals surface area (Å²) in [6.45, 7) is 1.76. The molecule has 2 N–H and O–H groups in total. The number of hydrogen-bond acceptors (Lipinski definition) is 7. The van der Waals surface area contributed by atoms with Gasteiger partial charge in [-0.2, -0.15) is 5.26 Å². The highest BCUT2D eigenvalue weighted by Crippen LogP contribution is 2.32. The molecule has 23 heavy (non-hydrogen) atoms. The van der Waals surface area contributed by atoms with Crippen LogP contribution in [-0.4, -0.2) is 18.5 Å². The molecule has 0 fully saturated rings. The van der Waals surface area contributed by atoms with Crippen molar-refractivity contribution in [1.82, 2.24) is 0 Å². The van der Waals surface area contributed by atoms with E-state index in [0.29, 0.717) is 12.0 Å². The quantitative estimate of drug-likeness (QED) is 0.656. The summed E-state index contributed by atoms with van der Waals surface area (Å²) in [5.74, 6) is -1.05. The summed E-state index contributed by atoms with van der Waals surface area (Å²) in [5.41, 5.74) is 6.28. The molecule has 0 saturated heterocycles. The zero-order chi connectivity index (χ0) is 16.8. The molecule has 0 aromatic carbocycles. The Labute approximate surface area is 138 Å². The van der Waals surface area contributed by atoms with Crippen LogP contribution >= 0.6 is 11.3 Å². The normalized spacial score (nSPS) is 16.6. The van der Waals surface area contributed by atoms with E-state index in [1.807, 2.05) is 18.2 Å². The van der Waals surface area contributed by atoms with Crippen molar-refractivity contribution >= 4 is 28.3 Å². The lowest BCUT2D eigenvalue weighted by Crippen LogP contribution is -2.19. The number of thiophene rings is 1. The summed E-state index contributed by atoms with van der Waals surface area (Å²) in [4.78, 5) is 24.3. The van der Waals surface area contributed by atoms with Crippen LogP contribution in [-0.2, 0) is 20.9 Å². The molecule has 0 bridgehead atoms. The van der Waals surface area contributed by atoms with Crippen molar-refractivity contribution in [2.45, 2.75) is 32.8 Å². The first-order valence-corrected chi connectivity index (χ1v) is 8.20. The molecule has 1 heterocycles. The number of rotatable bonds is 5. The minimum absolute atomic E-state index is 0.149. The Morgan fingerprint density at radius 2 is 2.22 bits per heavy atom. The summed E-state index contributed by atoms with van der Waals surface area (Å²) in [7, 11) is 0. The first kappa shape index (κ1) is 17.0. The Morgan fingerprint density at radius 1 is 1.43 bits per heavy atom. The molecule has 1 aromatic rings. The van der Waals surface area contributed by atoms with Crippen LogP contribution in [0.25, 0.3) is 0 Å². The number of ether oxygens (including phenoxy) is 2. The fourth-order valence-corrected chi connectivity index (χ4v) is 3.29. The number of carbonyl (C=O) groups is 2. The van der Waals surface area contributed by atoms with Gasteiger partial charge < -0.3 is 15.2 Å². The van der Waals surface area contributed by atoms with Crippen LogP contribution in [0.15, 0.2) is 12.2 Å². The van der Waals surface area contributed by atoms with Gasteiger partial charge >= 0.3 is 11.9 Å². The van der Waals surface area contributed by atoms with E-state index in [1.54, 1.807) is 6.92 Å². The largest absolute Gasteiger partial charge is 0.462 e. The predicted molar refractivity (Wildman–Crippen MR) is 85.7 cm³/mol. The summed E-state index contributed by atoms with van der Waals surface area (Å²) in [6.07, 6.45) is 6.25. The summed E-state index contributed by atoms with van der Waals surface area (Å²) < 4.78 is 10.3. The molecule has 7 heteroatoms. The second-order valence-electron chi connectivity index (χ2n) is 5.07. The first-order chi connectivity index (χ1) is 11.1. The highest BCUT2D eigenvalue weighted by Gasteiger charge is 2.26. The minimum Gasteiger partial charge on any atom is -0.462 e. The van der Waals surface area contributed by atoms with Crippen molar-refractivity contribution in [2.24, 2.45) is 5.92 Å². The van der Waals surface area contributed by atoms with E-state index in [4.69, 9.17) is 15.2 Å². The van der Waals surface area contributed by atoms with Crippen LogP contribution in [0.3, 0.4) is 0 Å². The molecular formula is C16H18N2O4S. The minimum atomic E-state index is -0.558. The third-order valence-corrected chi connectivity index (χ3v) is 4.61. The maximum Gasteiger partial charge on any atom is 0.348 e. The second kappa shape index (κ2) is 7.79. The molecule has 0 saturated carbocycles. The molecule has 0 amide bonds. The average molecular weight is 334 g/mol. The molecular weight excluding hydrogens is 316 g/mol. The number of nitrogens with zero attached hydrogens (tertiary/aromatic N) is 1. The number of hydrogen-bond donors (Lipinski definition) is 1. The van der Waals surface area contributed by atoms with E-state index >= 15 is 0 Å². The van der Waals surface area contributed by atoms with Gasteiger partial charge in [-0.15, -0.1) is 11.3 Å². The van der Waals surface area contributed by atoms with Gasteiger partial charge in [-0.05, 0) is 26.2 Å². The Kier molecular flexibility index (Phi) is 5.77. The number of anilines is 1.